The monoisotopic (exact) mass is 487 g/mol. The number of rotatable bonds is 6. The Balaban J connectivity index is 1.27. The molecule has 0 spiro atoms. The predicted octanol–water partition coefficient (Wildman–Crippen LogP) is 4.60. The van der Waals surface area contributed by atoms with Crippen molar-refractivity contribution < 1.29 is 18.7 Å². The smallest absolute Gasteiger partial charge is 0.326 e. The number of nitrogens with one attached hydrogen (secondary N) is 1. The van der Waals surface area contributed by atoms with E-state index in [1.165, 1.54) is 23.5 Å². The van der Waals surface area contributed by atoms with Crippen LogP contribution >= 0.6 is 11.3 Å². The van der Waals surface area contributed by atoms with Gasteiger partial charge in [-0.25, -0.2) is 9.37 Å². The Hall–Kier alpha value is -4.37. The highest BCUT2D eigenvalue weighted by molar-refractivity contribution is 7.14. The number of fused-ring (bicyclic) bond motifs is 2. The zero-order valence-electron chi connectivity index (χ0n) is 18.2. The predicted molar refractivity (Wildman–Crippen MR) is 133 cm³/mol. The molecule has 35 heavy (non-hydrogen) atoms. The number of thiazole rings is 1. The van der Waals surface area contributed by atoms with Crippen LogP contribution in [0.1, 0.15) is 0 Å². The molecule has 0 radical (unpaired) electrons. The van der Waals surface area contributed by atoms with Gasteiger partial charge in [-0.1, -0.05) is 24.3 Å². The highest BCUT2D eigenvalue weighted by atomic mass is 32.1. The maximum absolute atomic E-state index is 13.1. The fourth-order valence-corrected chi connectivity index (χ4v) is 4.54. The van der Waals surface area contributed by atoms with Crippen molar-refractivity contribution in [2.45, 2.75) is 6.54 Å². The van der Waals surface area contributed by atoms with E-state index in [9.17, 15) is 18.8 Å². The van der Waals surface area contributed by atoms with Gasteiger partial charge in [0.15, 0.2) is 17.2 Å². The lowest BCUT2D eigenvalue weighted by Gasteiger charge is -2.14. The minimum Gasteiger partial charge on any atom is -0.454 e. The van der Waals surface area contributed by atoms with Crippen molar-refractivity contribution in [1.29, 1.82) is 0 Å². The van der Waals surface area contributed by atoms with Crippen LogP contribution in [0, 0.1) is 5.82 Å². The first-order valence-corrected chi connectivity index (χ1v) is 11.5. The summed E-state index contributed by atoms with van der Waals surface area (Å²) < 4.78 is 20.0. The summed E-state index contributed by atoms with van der Waals surface area (Å²) in [6, 6.07) is 20.0. The average Bonchev–Trinajstić information content (AvgIpc) is 3.34. The summed E-state index contributed by atoms with van der Waals surface area (Å²) in [5.41, 5.74) is 2.42. The number of para-hydroxylation sites is 2. The van der Waals surface area contributed by atoms with E-state index in [1.54, 1.807) is 70.6 Å². The lowest BCUT2D eigenvalue weighted by atomic mass is 10.1. The normalized spacial score (nSPS) is 11.0. The second-order valence-corrected chi connectivity index (χ2v) is 8.56. The van der Waals surface area contributed by atoms with E-state index < -0.39 is 18.5 Å². The van der Waals surface area contributed by atoms with Crippen molar-refractivity contribution in [3.05, 3.63) is 94.2 Å². The number of benzene rings is 3. The van der Waals surface area contributed by atoms with E-state index in [0.717, 1.165) is 5.56 Å². The first kappa shape index (κ1) is 22.4. The Kier molecular flexibility index (Phi) is 6.07. The average molecular weight is 488 g/mol. The number of hydrogen-bond acceptors (Lipinski definition) is 6. The van der Waals surface area contributed by atoms with Gasteiger partial charge in [-0.3, -0.25) is 19.7 Å². The number of carbonyl (C=O) groups excluding carboxylic acids is 2. The van der Waals surface area contributed by atoms with Crippen molar-refractivity contribution in [1.82, 2.24) is 9.55 Å². The third kappa shape index (κ3) is 4.67. The number of hydrogen-bond donors (Lipinski definition) is 1. The van der Waals surface area contributed by atoms with Crippen LogP contribution in [0.5, 0.6) is 0 Å². The maximum atomic E-state index is 13.1. The minimum atomic E-state index is -0.620. The zero-order valence-corrected chi connectivity index (χ0v) is 19.0. The SMILES string of the molecule is O=C(COC(=O)Cn1c2ccccc2c(=O)c2ccccc21)Nc1nc(-c2ccc(F)cc2)cs1. The first-order valence-electron chi connectivity index (χ1n) is 10.7. The molecule has 0 bridgehead atoms. The maximum Gasteiger partial charge on any atom is 0.326 e. The minimum absolute atomic E-state index is 0.108. The molecule has 0 aliphatic heterocycles. The topological polar surface area (TPSA) is 90.3 Å². The lowest BCUT2D eigenvalue weighted by Crippen LogP contribution is -2.24. The second-order valence-electron chi connectivity index (χ2n) is 7.70. The summed E-state index contributed by atoms with van der Waals surface area (Å²) in [6.07, 6.45) is 0. The van der Waals surface area contributed by atoms with E-state index in [2.05, 4.69) is 10.3 Å². The van der Waals surface area contributed by atoms with Crippen LogP contribution in [0.3, 0.4) is 0 Å². The number of esters is 1. The van der Waals surface area contributed by atoms with Crippen LogP contribution in [0.2, 0.25) is 0 Å². The van der Waals surface area contributed by atoms with Gasteiger partial charge in [-0.2, -0.15) is 0 Å². The Morgan fingerprint density at radius 2 is 1.57 bits per heavy atom. The highest BCUT2D eigenvalue weighted by Crippen LogP contribution is 2.25. The molecule has 0 atom stereocenters. The summed E-state index contributed by atoms with van der Waals surface area (Å²) in [7, 11) is 0. The van der Waals surface area contributed by atoms with Crippen LogP contribution in [0.25, 0.3) is 33.1 Å². The fraction of sp³-hybridized carbons (Fsp3) is 0.0769. The standard InChI is InChI=1S/C26H18FN3O4S/c27-17-11-9-16(10-12-17)20-15-35-26(28-20)29-23(31)14-34-24(32)13-30-21-7-3-1-5-18(21)25(33)19-6-2-4-8-22(19)30/h1-12,15H,13-14H2,(H,28,29,31). The van der Waals surface area contributed by atoms with E-state index >= 15 is 0 Å². The van der Waals surface area contributed by atoms with Gasteiger partial charge in [-0.05, 0) is 48.5 Å². The van der Waals surface area contributed by atoms with Gasteiger partial charge in [0.1, 0.15) is 12.4 Å². The molecule has 2 aromatic heterocycles. The quantitative estimate of drug-likeness (QED) is 0.279. The molecule has 5 rings (SSSR count). The molecule has 0 aliphatic carbocycles. The number of aromatic nitrogens is 2. The number of nitrogens with zero attached hydrogens (tertiary/aromatic N) is 2. The first-order chi connectivity index (χ1) is 17.0. The number of halogens is 1. The summed E-state index contributed by atoms with van der Waals surface area (Å²) in [5, 5.41) is 5.67. The molecule has 0 aliphatic rings. The molecular formula is C26H18FN3O4S. The van der Waals surface area contributed by atoms with Crippen LogP contribution in [-0.4, -0.2) is 28.0 Å². The lowest BCUT2D eigenvalue weighted by molar-refractivity contribution is -0.147. The second kappa shape index (κ2) is 9.47. The Bertz CT molecular complexity index is 1570. The van der Waals surface area contributed by atoms with Crippen LogP contribution < -0.4 is 10.7 Å². The van der Waals surface area contributed by atoms with Crippen molar-refractivity contribution in [3.8, 4) is 11.3 Å². The van der Waals surface area contributed by atoms with E-state index in [1.807, 2.05) is 0 Å². The molecule has 1 amide bonds. The van der Waals surface area contributed by atoms with Gasteiger partial charge < -0.3 is 9.30 Å². The summed E-state index contributed by atoms with van der Waals surface area (Å²) in [5.74, 6) is -1.50. The molecule has 174 valence electrons. The highest BCUT2D eigenvalue weighted by Gasteiger charge is 2.15. The van der Waals surface area contributed by atoms with Gasteiger partial charge in [0, 0.05) is 21.7 Å². The molecule has 3 aromatic carbocycles. The number of pyridine rings is 1. The molecular weight excluding hydrogens is 469 g/mol. The van der Waals surface area contributed by atoms with Gasteiger partial charge in [0.05, 0.1) is 16.7 Å². The van der Waals surface area contributed by atoms with Crippen molar-refractivity contribution in [3.63, 3.8) is 0 Å². The molecule has 7 nitrogen and oxygen atoms in total. The molecule has 0 unspecified atom stereocenters. The van der Waals surface area contributed by atoms with Gasteiger partial charge in [0.25, 0.3) is 5.91 Å². The van der Waals surface area contributed by atoms with Crippen molar-refractivity contribution >= 4 is 50.2 Å². The van der Waals surface area contributed by atoms with Crippen LogP contribution in [0.15, 0.2) is 83.0 Å². The largest absolute Gasteiger partial charge is 0.454 e. The summed E-state index contributed by atoms with van der Waals surface area (Å²) >= 11 is 1.21. The number of amides is 1. The third-order valence-corrected chi connectivity index (χ3v) is 6.18. The van der Waals surface area contributed by atoms with Crippen molar-refractivity contribution in [2.24, 2.45) is 0 Å². The van der Waals surface area contributed by atoms with Crippen LogP contribution in [-0.2, 0) is 20.9 Å². The van der Waals surface area contributed by atoms with Gasteiger partial charge >= 0.3 is 5.97 Å². The fourth-order valence-electron chi connectivity index (χ4n) is 3.81. The van der Waals surface area contributed by atoms with Gasteiger partial charge in [-0.15, -0.1) is 11.3 Å². The van der Waals surface area contributed by atoms with E-state index in [-0.39, 0.29) is 17.8 Å². The summed E-state index contributed by atoms with van der Waals surface area (Å²) in [4.78, 5) is 42.1. The van der Waals surface area contributed by atoms with E-state index in [0.29, 0.717) is 32.6 Å². The van der Waals surface area contributed by atoms with Gasteiger partial charge in [0.2, 0.25) is 0 Å². The number of ether oxygens (including phenoxy) is 1. The molecule has 0 fully saturated rings. The molecule has 0 saturated carbocycles. The Morgan fingerprint density at radius 3 is 2.23 bits per heavy atom. The third-order valence-electron chi connectivity index (χ3n) is 5.42. The molecule has 0 saturated heterocycles. The Morgan fingerprint density at radius 1 is 0.943 bits per heavy atom. The number of carbonyl (C=O) groups is 2. The molecule has 5 aromatic rings. The molecule has 1 N–H and O–H groups in total. The summed E-state index contributed by atoms with van der Waals surface area (Å²) in [6.45, 7) is -0.652. The molecule has 2 heterocycles. The van der Waals surface area contributed by atoms with E-state index in [4.69, 9.17) is 4.74 Å². The van der Waals surface area contributed by atoms with Crippen molar-refractivity contribution in [2.75, 3.05) is 11.9 Å². The van der Waals surface area contributed by atoms with Crippen LogP contribution in [0.4, 0.5) is 9.52 Å². The molecule has 9 heteroatoms. The Labute approximate surface area is 202 Å². The number of anilines is 1. The zero-order chi connectivity index (χ0) is 24.4.